The fourth-order valence-electron chi connectivity index (χ4n) is 3.07. The largest absolute Gasteiger partial charge is 0.493 e. The van der Waals surface area contributed by atoms with Gasteiger partial charge in [-0.3, -0.25) is 0 Å². The first-order valence-corrected chi connectivity index (χ1v) is 10.6. The second kappa shape index (κ2) is 11.5. The van der Waals surface area contributed by atoms with Gasteiger partial charge in [-0.1, -0.05) is 43.3 Å². The van der Waals surface area contributed by atoms with Crippen LogP contribution in [0.4, 0.5) is 4.79 Å². The molecular weight excluding hydrogens is 378 g/mol. The minimum Gasteiger partial charge on any atom is -0.493 e. The van der Waals surface area contributed by atoms with Crippen molar-refractivity contribution in [2.24, 2.45) is 0 Å². The Morgan fingerprint density at radius 3 is 2.30 bits per heavy atom. The van der Waals surface area contributed by atoms with E-state index in [9.17, 15) is 4.79 Å². The van der Waals surface area contributed by atoms with E-state index in [2.05, 4.69) is 19.1 Å². The highest BCUT2D eigenvalue weighted by Crippen LogP contribution is 2.28. The Kier molecular flexibility index (Phi) is 9.03. The average Bonchev–Trinajstić information content (AvgIpc) is 2.70. The lowest BCUT2D eigenvalue weighted by molar-refractivity contribution is 0.0252. The number of methoxy groups -OCH3 is 1. The molecule has 0 N–H and O–H groups in total. The first-order chi connectivity index (χ1) is 14.3. The second-order valence-electron chi connectivity index (χ2n) is 8.29. The van der Waals surface area contributed by atoms with Crippen molar-refractivity contribution in [1.29, 1.82) is 0 Å². The minimum atomic E-state index is -0.497. The van der Waals surface area contributed by atoms with Crippen molar-refractivity contribution in [3.63, 3.8) is 0 Å². The lowest BCUT2D eigenvalue weighted by Crippen LogP contribution is -2.38. The summed E-state index contributed by atoms with van der Waals surface area (Å²) < 4.78 is 17.0. The van der Waals surface area contributed by atoms with E-state index in [1.165, 1.54) is 5.56 Å². The zero-order valence-corrected chi connectivity index (χ0v) is 18.9. The third kappa shape index (κ3) is 7.97. The number of nitrogens with zero attached hydrogens (tertiary/aromatic N) is 1. The van der Waals surface area contributed by atoms with Crippen molar-refractivity contribution in [1.82, 2.24) is 4.90 Å². The van der Waals surface area contributed by atoms with Gasteiger partial charge in [-0.2, -0.15) is 0 Å². The maximum atomic E-state index is 12.5. The molecule has 2 aromatic rings. The van der Waals surface area contributed by atoms with Gasteiger partial charge in [-0.05, 0) is 56.9 Å². The fourth-order valence-corrected chi connectivity index (χ4v) is 3.07. The lowest BCUT2D eigenvalue weighted by Gasteiger charge is -2.27. The van der Waals surface area contributed by atoms with E-state index < -0.39 is 5.60 Å². The number of hydrogen-bond acceptors (Lipinski definition) is 4. The van der Waals surface area contributed by atoms with Crippen LogP contribution < -0.4 is 9.47 Å². The van der Waals surface area contributed by atoms with Crippen LogP contribution in [0.2, 0.25) is 0 Å². The fraction of sp³-hybridized carbons (Fsp3) is 0.480. The molecule has 0 spiro atoms. The van der Waals surface area contributed by atoms with Gasteiger partial charge in [0.15, 0.2) is 11.5 Å². The van der Waals surface area contributed by atoms with Crippen molar-refractivity contribution in [3.8, 4) is 11.5 Å². The summed E-state index contributed by atoms with van der Waals surface area (Å²) in [6.45, 7) is 9.56. The molecule has 5 nitrogen and oxygen atoms in total. The minimum absolute atomic E-state index is 0.266. The zero-order valence-electron chi connectivity index (χ0n) is 18.9. The Morgan fingerprint density at radius 2 is 1.67 bits per heavy atom. The van der Waals surface area contributed by atoms with Crippen LogP contribution in [0.1, 0.15) is 45.2 Å². The summed E-state index contributed by atoms with van der Waals surface area (Å²) in [5.74, 6) is 1.44. The summed E-state index contributed by atoms with van der Waals surface area (Å²) in [7, 11) is 1.64. The standard InChI is InChI=1S/C25H35NO4/c1-6-16-26(24(27)30-25(2,3)4)17-14-21-12-13-22(28-5)23(19-21)29-18-15-20-10-8-7-9-11-20/h7-13,19H,6,14-18H2,1-5H3. The maximum absolute atomic E-state index is 12.5. The van der Waals surface area contributed by atoms with Gasteiger partial charge in [0.25, 0.3) is 0 Å². The molecule has 0 aliphatic carbocycles. The van der Waals surface area contributed by atoms with Gasteiger partial charge in [0.05, 0.1) is 13.7 Å². The molecular formula is C25H35NO4. The van der Waals surface area contributed by atoms with Crippen LogP contribution in [0.5, 0.6) is 11.5 Å². The number of amides is 1. The summed E-state index contributed by atoms with van der Waals surface area (Å²) in [6.07, 6.45) is 2.17. The summed E-state index contributed by atoms with van der Waals surface area (Å²) in [6, 6.07) is 16.2. The Bertz CT molecular complexity index is 783. The number of ether oxygens (including phenoxy) is 3. The van der Waals surface area contributed by atoms with E-state index in [1.807, 2.05) is 57.2 Å². The number of hydrogen-bond donors (Lipinski definition) is 0. The van der Waals surface area contributed by atoms with Gasteiger partial charge in [0, 0.05) is 19.5 Å². The maximum Gasteiger partial charge on any atom is 0.410 e. The molecule has 1 amide bonds. The quantitative estimate of drug-likeness (QED) is 0.515. The predicted molar refractivity (Wildman–Crippen MR) is 120 cm³/mol. The topological polar surface area (TPSA) is 48.0 Å². The van der Waals surface area contributed by atoms with E-state index in [0.29, 0.717) is 25.4 Å². The van der Waals surface area contributed by atoms with Crippen LogP contribution in [0.25, 0.3) is 0 Å². The van der Waals surface area contributed by atoms with Crippen molar-refractivity contribution in [3.05, 3.63) is 59.7 Å². The van der Waals surface area contributed by atoms with Crippen LogP contribution in [0, 0.1) is 0 Å². The third-order valence-corrected chi connectivity index (χ3v) is 4.53. The molecule has 0 fully saturated rings. The summed E-state index contributed by atoms with van der Waals surface area (Å²) in [5, 5.41) is 0. The van der Waals surface area contributed by atoms with Gasteiger partial charge in [-0.15, -0.1) is 0 Å². The number of rotatable bonds is 10. The molecule has 0 aromatic heterocycles. The van der Waals surface area contributed by atoms with E-state index >= 15 is 0 Å². The number of benzene rings is 2. The monoisotopic (exact) mass is 413 g/mol. The Morgan fingerprint density at radius 1 is 0.933 bits per heavy atom. The van der Waals surface area contributed by atoms with Gasteiger partial charge >= 0.3 is 6.09 Å². The molecule has 0 radical (unpaired) electrons. The van der Waals surface area contributed by atoms with Gasteiger partial charge in [0.1, 0.15) is 5.60 Å². The summed E-state index contributed by atoms with van der Waals surface area (Å²) in [4.78, 5) is 14.2. The molecule has 0 atom stereocenters. The molecule has 0 unspecified atom stereocenters. The lowest BCUT2D eigenvalue weighted by atomic mass is 10.1. The van der Waals surface area contributed by atoms with Crippen LogP contribution >= 0.6 is 0 Å². The molecule has 164 valence electrons. The average molecular weight is 414 g/mol. The first kappa shape index (κ1) is 23.6. The third-order valence-electron chi connectivity index (χ3n) is 4.53. The molecule has 5 heteroatoms. The van der Waals surface area contributed by atoms with Crippen molar-refractivity contribution < 1.29 is 19.0 Å². The van der Waals surface area contributed by atoms with E-state index in [1.54, 1.807) is 12.0 Å². The highest BCUT2D eigenvalue weighted by molar-refractivity contribution is 5.68. The normalized spacial score (nSPS) is 11.1. The molecule has 0 saturated carbocycles. The molecule has 2 aromatic carbocycles. The Labute approximate surface area is 180 Å². The Balaban J connectivity index is 1.99. The molecule has 0 saturated heterocycles. The summed E-state index contributed by atoms with van der Waals surface area (Å²) >= 11 is 0. The Hall–Kier alpha value is -2.69. The van der Waals surface area contributed by atoms with Crippen LogP contribution in [0.15, 0.2) is 48.5 Å². The van der Waals surface area contributed by atoms with Crippen LogP contribution in [-0.2, 0) is 17.6 Å². The molecule has 30 heavy (non-hydrogen) atoms. The zero-order chi connectivity index (χ0) is 22.0. The number of carbonyl (C=O) groups is 1. The van der Waals surface area contributed by atoms with Crippen LogP contribution in [-0.4, -0.2) is 43.4 Å². The van der Waals surface area contributed by atoms with E-state index in [-0.39, 0.29) is 6.09 Å². The van der Waals surface area contributed by atoms with Crippen molar-refractivity contribution in [2.75, 3.05) is 26.8 Å². The molecule has 2 rings (SSSR count). The molecule has 0 aliphatic heterocycles. The van der Waals surface area contributed by atoms with E-state index in [4.69, 9.17) is 14.2 Å². The molecule has 0 heterocycles. The first-order valence-electron chi connectivity index (χ1n) is 10.6. The predicted octanol–water partition coefficient (Wildman–Crippen LogP) is 5.51. The SMILES string of the molecule is CCCN(CCc1ccc(OC)c(OCCc2ccccc2)c1)C(=O)OC(C)(C)C. The highest BCUT2D eigenvalue weighted by Gasteiger charge is 2.21. The van der Waals surface area contributed by atoms with Gasteiger partial charge in [-0.25, -0.2) is 4.79 Å². The molecule has 0 bridgehead atoms. The second-order valence-corrected chi connectivity index (χ2v) is 8.29. The van der Waals surface area contributed by atoms with Crippen molar-refractivity contribution >= 4 is 6.09 Å². The van der Waals surface area contributed by atoms with Gasteiger partial charge < -0.3 is 19.1 Å². The van der Waals surface area contributed by atoms with Gasteiger partial charge in [0.2, 0.25) is 0 Å². The van der Waals surface area contributed by atoms with Crippen LogP contribution in [0.3, 0.4) is 0 Å². The van der Waals surface area contributed by atoms with Crippen molar-refractivity contribution in [2.45, 2.75) is 52.6 Å². The summed E-state index contributed by atoms with van der Waals surface area (Å²) in [5.41, 5.74) is 1.83. The highest BCUT2D eigenvalue weighted by atomic mass is 16.6. The smallest absolute Gasteiger partial charge is 0.410 e. The van der Waals surface area contributed by atoms with E-state index in [0.717, 1.165) is 30.6 Å². The number of carbonyl (C=O) groups excluding carboxylic acids is 1. The molecule has 0 aliphatic rings.